The molecule has 2 unspecified atom stereocenters. The molecular formula is C23H29F3N4O4S. The van der Waals surface area contributed by atoms with Crippen LogP contribution in [0, 0.1) is 30.1 Å². The molecule has 1 aliphatic heterocycles. The van der Waals surface area contributed by atoms with Crippen molar-refractivity contribution in [2.45, 2.75) is 86.5 Å². The first-order chi connectivity index (χ1) is 16.3. The molecule has 35 heavy (non-hydrogen) atoms. The summed E-state index contributed by atoms with van der Waals surface area (Å²) >= 11 is 0. The summed E-state index contributed by atoms with van der Waals surface area (Å²) in [7, 11) is -4.50. The highest BCUT2D eigenvalue weighted by Crippen LogP contribution is 2.58. The van der Waals surface area contributed by atoms with Gasteiger partial charge in [-0.3, -0.25) is 4.79 Å². The monoisotopic (exact) mass is 514 g/mol. The van der Waals surface area contributed by atoms with Crippen molar-refractivity contribution >= 4 is 15.9 Å². The average Bonchev–Trinajstić information content (AvgIpc) is 3.37. The normalized spacial score (nSPS) is 34.4. The number of likely N-dealkylation sites (tertiary alicyclic amines) is 1. The topological polar surface area (TPSA) is 115 Å². The van der Waals surface area contributed by atoms with Gasteiger partial charge in [-0.1, -0.05) is 0 Å². The van der Waals surface area contributed by atoms with Crippen LogP contribution >= 0.6 is 0 Å². The summed E-state index contributed by atoms with van der Waals surface area (Å²) in [5.41, 5.74) is -1.35. The minimum Gasteiger partial charge on any atom is -0.455 e. The molecule has 0 radical (unpaired) electrons. The minimum atomic E-state index is -4.93. The summed E-state index contributed by atoms with van der Waals surface area (Å²) < 4.78 is 74.2. The van der Waals surface area contributed by atoms with Crippen molar-refractivity contribution in [3.8, 4) is 6.07 Å². The van der Waals surface area contributed by atoms with Crippen LogP contribution in [0.15, 0.2) is 15.4 Å². The number of nitrogens with zero attached hydrogens (tertiary/aromatic N) is 2. The van der Waals surface area contributed by atoms with Gasteiger partial charge < -0.3 is 14.6 Å². The Kier molecular flexibility index (Phi) is 5.77. The number of hydrogen-bond donors (Lipinski definition) is 2. The molecule has 1 aromatic heterocycles. The van der Waals surface area contributed by atoms with Crippen molar-refractivity contribution in [2.75, 3.05) is 13.1 Å². The van der Waals surface area contributed by atoms with Crippen molar-refractivity contribution < 1.29 is 30.8 Å². The van der Waals surface area contributed by atoms with Gasteiger partial charge in [0.25, 0.3) is 0 Å². The third kappa shape index (κ3) is 4.47. The van der Waals surface area contributed by atoms with Gasteiger partial charge in [0.1, 0.15) is 16.7 Å². The maximum Gasteiger partial charge on any atom is 0.450 e. The van der Waals surface area contributed by atoms with E-state index in [0.717, 1.165) is 31.7 Å². The molecule has 8 nitrogen and oxygen atoms in total. The lowest BCUT2D eigenvalue weighted by Gasteiger charge is -2.62. The molecule has 4 saturated carbocycles. The molecule has 192 valence electrons. The Bertz CT molecular complexity index is 1160. The Balaban J connectivity index is 1.36. The third-order valence-corrected chi connectivity index (χ3v) is 9.70. The van der Waals surface area contributed by atoms with Crippen LogP contribution in [0.3, 0.4) is 0 Å². The fraction of sp³-hybridized carbons (Fsp3) is 0.739. The van der Waals surface area contributed by atoms with Crippen LogP contribution in [0.25, 0.3) is 0 Å². The van der Waals surface area contributed by atoms with E-state index in [1.165, 1.54) is 6.92 Å². The minimum absolute atomic E-state index is 0.0552. The quantitative estimate of drug-likeness (QED) is 0.603. The standard InChI is InChI=1S/C23H29F3N4O4S/c1-14-5-18(20(34-14)23(24,25)26)35(32,33)29-22-9-15-6-16(10-22)8-21(7-15,13-22)28-12-19(31)30-4-2-3-17(30)11-27/h5,15-17,28-29H,2-4,6-10,12-13H2,1H3/t15?,16?,17-,21?,22?/m0/s1. The molecule has 6 rings (SSSR count). The average molecular weight is 515 g/mol. The predicted molar refractivity (Wildman–Crippen MR) is 117 cm³/mol. The molecule has 5 fully saturated rings. The van der Waals surface area contributed by atoms with Gasteiger partial charge in [-0.05, 0) is 70.1 Å². The van der Waals surface area contributed by atoms with Crippen molar-refractivity contribution in [3.05, 3.63) is 17.6 Å². The Morgan fingerprint density at radius 1 is 1.26 bits per heavy atom. The number of nitriles is 1. The molecule has 1 aromatic rings. The van der Waals surface area contributed by atoms with Crippen LogP contribution in [0.2, 0.25) is 0 Å². The van der Waals surface area contributed by atoms with Gasteiger partial charge in [0.2, 0.25) is 21.7 Å². The first-order valence-corrected chi connectivity index (χ1v) is 13.5. The number of aryl methyl sites for hydroxylation is 1. The number of halogens is 3. The number of rotatable bonds is 6. The maximum absolute atomic E-state index is 13.5. The van der Waals surface area contributed by atoms with E-state index in [1.54, 1.807) is 4.90 Å². The van der Waals surface area contributed by atoms with E-state index >= 15 is 0 Å². The molecule has 1 saturated heterocycles. The molecule has 12 heteroatoms. The van der Waals surface area contributed by atoms with Crippen LogP contribution < -0.4 is 10.0 Å². The number of amides is 1. The molecule has 2 N–H and O–H groups in total. The van der Waals surface area contributed by atoms with Crippen LogP contribution in [0.1, 0.15) is 62.9 Å². The second kappa shape index (κ2) is 8.21. The van der Waals surface area contributed by atoms with E-state index < -0.39 is 44.0 Å². The summed E-state index contributed by atoms with van der Waals surface area (Å²) in [5, 5.41) is 12.7. The number of sulfonamides is 1. The van der Waals surface area contributed by atoms with Crippen LogP contribution in [-0.2, 0) is 21.0 Å². The molecule has 4 aliphatic carbocycles. The van der Waals surface area contributed by atoms with E-state index in [1.807, 2.05) is 0 Å². The Morgan fingerprint density at radius 2 is 1.91 bits per heavy atom. The first kappa shape index (κ1) is 24.6. The highest BCUT2D eigenvalue weighted by Gasteiger charge is 2.59. The fourth-order valence-electron chi connectivity index (χ4n) is 7.38. The number of furan rings is 1. The number of hydrogen-bond acceptors (Lipinski definition) is 6. The lowest BCUT2D eigenvalue weighted by atomic mass is 9.50. The Labute approximate surface area is 202 Å². The van der Waals surface area contributed by atoms with E-state index in [4.69, 9.17) is 4.42 Å². The van der Waals surface area contributed by atoms with Gasteiger partial charge in [-0.25, -0.2) is 13.1 Å². The van der Waals surface area contributed by atoms with E-state index in [-0.39, 0.29) is 30.0 Å². The van der Waals surface area contributed by atoms with Gasteiger partial charge in [-0.15, -0.1) is 0 Å². The van der Waals surface area contributed by atoms with Crippen molar-refractivity contribution in [1.29, 1.82) is 5.26 Å². The molecule has 4 bridgehead atoms. The highest BCUT2D eigenvalue weighted by atomic mass is 32.2. The summed E-state index contributed by atoms with van der Waals surface area (Å²) in [4.78, 5) is 13.5. The highest BCUT2D eigenvalue weighted by molar-refractivity contribution is 7.89. The molecule has 3 atom stereocenters. The third-order valence-electron chi connectivity index (χ3n) is 8.12. The fourth-order valence-corrected chi connectivity index (χ4v) is 9.02. The second-order valence-corrected chi connectivity index (χ2v) is 12.6. The van der Waals surface area contributed by atoms with Crippen molar-refractivity contribution in [1.82, 2.24) is 14.9 Å². The van der Waals surface area contributed by atoms with Crippen molar-refractivity contribution in [3.63, 3.8) is 0 Å². The summed E-state index contributed by atoms with van der Waals surface area (Å²) in [6.07, 6.45) is 0.567. The summed E-state index contributed by atoms with van der Waals surface area (Å²) in [5.74, 6) is -1.36. The van der Waals surface area contributed by atoms with Crippen LogP contribution in [0.4, 0.5) is 13.2 Å². The molecule has 2 heterocycles. The number of alkyl halides is 3. The molecule has 0 aromatic carbocycles. The summed E-state index contributed by atoms with van der Waals surface area (Å²) in [6, 6.07) is 2.67. The van der Waals surface area contributed by atoms with E-state index in [2.05, 4.69) is 16.1 Å². The molecular weight excluding hydrogens is 485 g/mol. The smallest absolute Gasteiger partial charge is 0.450 e. The molecule has 0 spiro atoms. The largest absolute Gasteiger partial charge is 0.455 e. The lowest BCUT2D eigenvalue weighted by Crippen LogP contribution is -2.69. The lowest BCUT2D eigenvalue weighted by molar-refractivity contribution is -0.156. The van der Waals surface area contributed by atoms with Gasteiger partial charge in [0.15, 0.2) is 0 Å². The zero-order valence-corrected chi connectivity index (χ0v) is 20.3. The van der Waals surface area contributed by atoms with Gasteiger partial charge in [0, 0.05) is 23.7 Å². The van der Waals surface area contributed by atoms with Gasteiger partial charge in [0.05, 0.1) is 12.6 Å². The number of carbonyl (C=O) groups is 1. The maximum atomic E-state index is 13.5. The summed E-state index contributed by atoms with van der Waals surface area (Å²) in [6.45, 7) is 1.89. The number of carbonyl (C=O) groups excluding carboxylic acids is 1. The first-order valence-electron chi connectivity index (χ1n) is 12.0. The predicted octanol–water partition coefficient (Wildman–Crippen LogP) is 3.08. The zero-order valence-electron chi connectivity index (χ0n) is 19.5. The van der Waals surface area contributed by atoms with Crippen LogP contribution in [0.5, 0.6) is 0 Å². The van der Waals surface area contributed by atoms with E-state index in [0.29, 0.717) is 32.2 Å². The molecule has 5 aliphatic rings. The second-order valence-electron chi connectivity index (χ2n) is 10.9. The Morgan fingerprint density at radius 3 is 2.54 bits per heavy atom. The SMILES string of the molecule is Cc1cc(S(=O)(=O)NC23CC4CC(CC(NCC(=O)N5CCC[C@H]5C#N)(C4)C2)C3)c(C(F)(F)F)o1. The molecule has 1 amide bonds. The Hall–Kier alpha value is -2.10. The van der Waals surface area contributed by atoms with Crippen molar-refractivity contribution in [2.24, 2.45) is 11.8 Å². The van der Waals surface area contributed by atoms with Gasteiger partial charge >= 0.3 is 6.18 Å². The number of nitrogens with one attached hydrogen (secondary N) is 2. The van der Waals surface area contributed by atoms with Crippen LogP contribution in [-0.4, -0.2) is 49.4 Å². The van der Waals surface area contributed by atoms with E-state index in [9.17, 15) is 31.6 Å². The van der Waals surface area contributed by atoms with Gasteiger partial charge in [-0.2, -0.15) is 18.4 Å². The zero-order chi connectivity index (χ0) is 25.2.